The zero-order valence-electron chi connectivity index (χ0n) is 16.1. The van der Waals surface area contributed by atoms with E-state index in [4.69, 9.17) is 0 Å². The third kappa shape index (κ3) is 8.20. The van der Waals surface area contributed by atoms with E-state index in [1.165, 1.54) is 48.9 Å². The highest BCUT2D eigenvalue weighted by atomic mass is 32.3. The molecule has 0 aliphatic rings. The predicted molar refractivity (Wildman–Crippen MR) is 104 cm³/mol. The number of fused-ring (bicyclic) bond motifs is 1. The number of halogens is 6. The van der Waals surface area contributed by atoms with Crippen LogP contribution < -0.4 is 4.57 Å². The van der Waals surface area contributed by atoms with Crippen molar-refractivity contribution in [2.45, 2.75) is 56.6 Å². The Bertz CT molecular complexity index is 1010. The standard InChI is InChI=1S/C14H20NS.C2F6NO4S2/c1-2-3-4-5-8-11-15-12-16-14-10-7-6-9-13(14)15;3-1(4,5)14(10,11)9-15(12,13)2(6,7)8/h6-7,9-10,12H,2-5,8,11H2,1H3;/q+1;-1. The average molecular weight is 515 g/mol. The van der Waals surface area contributed by atoms with Crippen LogP contribution in [0.4, 0.5) is 26.3 Å². The molecule has 0 spiro atoms. The molecule has 0 bridgehead atoms. The van der Waals surface area contributed by atoms with Gasteiger partial charge >= 0.3 is 11.0 Å². The molecule has 0 radical (unpaired) electrons. The molecule has 0 unspecified atom stereocenters. The molecule has 15 heteroatoms. The van der Waals surface area contributed by atoms with E-state index in [9.17, 15) is 43.2 Å². The van der Waals surface area contributed by atoms with Crippen LogP contribution in [0.3, 0.4) is 0 Å². The van der Waals surface area contributed by atoms with Gasteiger partial charge in [-0.2, -0.15) is 30.9 Å². The van der Waals surface area contributed by atoms with Crippen LogP contribution in [0.5, 0.6) is 0 Å². The lowest BCUT2D eigenvalue weighted by atomic mass is 10.1. The molecule has 0 atom stereocenters. The maximum atomic E-state index is 11.4. The third-order valence-electron chi connectivity index (χ3n) is 3.77. The molecule has 2 aromatic rings. The van der Waals surface area contributed by atoms with Crippen LogP contribution >= 0.6 is 11.3 Å². The molecule has 0 aliphatic heterocycles. The molecule has 1 aromatic heterocycles. The van der Waals surface area contributed by atoms with Crippen molar-refractivity contribution in [3.05, 3.63) is 33.9 Å². The lowest BCUT2D eigenvalue weighted by Gasteiger charge is -2.22. The van der Waals surface area contributed by atoms with Crippen molar-refractivity contribution in [1.82, 2.24) is 0 Å². The van der Waals surface area contributed by atoms with E-state index in [-0.39, 0.29) is 0 Å². The highest BCUT2D eigenvalue weighted by Crippen LogP contribution is 2.36. The fourth-order valence-corrected chi connectivity index (χ4v) is 4.88. The molecule has 6 nitrogen and oxygen atoms in total. The summed E-state index contributed by atoms with van der Waals surface area (Å²) in [6.07, 6.45) is 6.78. The van der Waals surface area contributed by atoms with Gasteiger partial charge in [0.1, 0.15) is 11.2 Å². The smallest absolute Gasteiger partial charge is 0.421 e. The Morgan fingerprint density at radius 1 is 0.871 bits per heavy atom. The zero-order valence-corrected chi connectivity index (χ0v) is 18.6. The van der Waals surface area contributed by atoms with E-state index in [1.54, 1.807) is 0 Å². The molecular formula is C16H20F6N2O4S3. The van der Waals surface area contributed by atoms with E-state index in [2.05, 4.69) is 41.3 Å². The molecule has 1 aromatic carbocycles. The first-order valence-corrected chi connectivity index (χ1v) is 12.6. The van der Waals surface area contributed by atoms with Gasteiger partial charge in [0, 0.05) is 12.5 Å². The number of rotatable bonds is 8. The first-order valence-electron chi connectivity index (χ1n) is 8.85. The number of benzene rings is 1. The first kappa shape index (κ1) is 27.6. The van der Waals surface area contributed by atoms with Crippen LogP contribution in [-0.2, 0) is 26.6 Å². The average Bonchev–Trinajstić information content (AvgIpc) is 3.03. The largest absolute Gasteiger partial charge is 0.480 e. The van der Waals surface area contributed by atoms with Gasteiger partial charge in [-0.15, -0.1) is 0 Å². The molecule has 1 heterocycles. The van der Waals surface area contributed by atoms with Gasteiger partial charge in [-0.1, -0.05) is 49.7 Å². The van der Waals surface area contributed by atoms with Crippen molar-refractivity contribution in [2.75, 3.05) is 0 Å². The van der Waals surface area contributed by atoms with Gasteiger partial charge in [-0.05, 0) is 12.5 Å². The summed E-state index contributed by atoms with van der Waals surface area (Å²) in [4.78, 5) is 0. The highest BCUT2D eigenvalue weighted by Gasteiger charge is 2.46. The number of hydrogen-bond donors (Lipinski definition) is 0. The fraction of sp³-hybridized carbons (Fsp3) is 0.562. The van der Waals surface area contributed by atoms with E-state index in [1.807, 2.05) is 11.3 Å². The van der Waals surface area contributed by atoms with Crippen molar-refractivity contribution in [3.63, 3.8) is 0 Å². The quantitative estimate of drug-likeness (QED) is 0.275. The van der Waals surface area contributed by atoms with Crippen molar-refractivity contribution in [1.29, 1.82) is 0 Å². The lowest BCUT2D eigenvalue weighted by molar-refractivity contribution is -0.667. The van der Waals surface area contributed by atoms with Crippen LogP contribution in [-0.4, -0.2) is 27.9 Å². The number of thiazole rings is 1. The molecule has 0 aliphatic carbocycles. The Labute approximate surface area is 180 Å². The zero-order chi connectivity index (χ0) is 23.9. The maximum Gasteiger partial charge on any atom is 0.480 e. The SMILES string of the molecule is CCCCCCC[n+]1csc2ccccc21.O=S(=O)([N-]S(=O)(=O)C(F)(F)F)C(F)(F)F. The third-order valence-corrected chi connectivity index (χ3v) is 7.46. The molecule has 0 saturated carbocycles. The number of nitrogens with zero attached hydrogens (tertiary/aromatic N) is 2. The number of aromatic nitrogens is 1. The molecule has 0 N–H and O–H groups in total. The lowest BCUT2D eigenvalue weighted by Crippen LogP contribution is -2.31. The van der Waals surface area contributed by atoms with E-state index >= 15 is 0 Å². The summed E-state index contributed by atoms with van der Waals surface area (Å²) in [5.41, 5.74) is -8.76. The minimum Gasteiger partial charge on any atom is -0.421 e. The summed E-state index contributed by atoms with van der Waals surface area (Å²) in [6.45, 7) is 3.44. The van der Waals surface area contributed by atoms with Gasteiger partial charge in [-0.25, -0.2) is 16.8 Å². The van der Waals surface area contributed by atoms with Crippen molar-refractivity contribution >= 4 is 41.6 Å². The number of para-hydroxylation sites is 1. The first-order chi connectivity index (χ1) is 14.1. The maximum absolute atomic E-state index is 11.4. The molecule has 178 valence electrons. The van der Waals surface area contributed by atoms with Crippen LogP contribution in [0.25, 0.3) is 14.3 Å². The van der Waals surface area contributed by atoms with Gasteiger partial charge in [-0.3, -0.25) is 0 Å². The number of alkyl halides is 6. The number of sulfonamides is 2. The number of hydrogen-bond acceptors (Lipinski definition) is 5. The van der Waals surface area contributed by atoms with Crippen molar-refractivity contribution in [2.24, 2.45) is 0 Å². The van der Waals surface area contributed by atoms with Gasteiger partial charge in [0.25, 0.3) is 0 Å². The Hall–Kier alpha value is -1.45. The summed E-state index contributed by atoms with van der Waals surface area (Å²) in [6, 6.07) is 8.67. The van der Waals surface area contributed by atoms with Crippen molar-refractivity contribution in [3.8, 4) is 0 Å². The second kappa shape index (κ2) is 10.9. The van der Waals surface area contributed by atoms with Gasteiger partial charge in [0.05, 0.1) is 0 Å². The van der Waals surface area contributed by atoms with Crippen molar-refractivity contribution < 1.29 is 47.7 Å². The molecule has 2 rings (SSSR count). The fourth-order valence-electron chi connectivity index (χ4n) is 2.24. The molecular weight excluding hydrogens is 494 g/mol. The molecule has 0 fully saturated rings. The van der Waals surface area contributed by atoms with Gasteiger partial charge < -0.3 is 4.13 Å². The normalized spacial score (nSPS) is 13.1. The minimum absolute atomic E-state index is 0.778. The second-order valence-corrected chi connectivity index (χ2v) is 10.5. The van der Waals surface area contributed by atoms with Crippen LogP contribution in [0.15, 0.2) is 29.8 Å². The minimum atomic E-state index is -6.72. The summed E-state index contributed by atoms with van der Waals surface area (Å²) in [7, 11) is -13.4. The summed E-state index contributed by atoms with van der Waals surface area (Å²) in [5, 5.41) is 0. The monoisotopic (exact) mass is 514 g/mol. The van der Waals surface area contributed by atoms with Gasteiger partial charge in [0.15, 0.2) is 20.0 Å². The summed E-state index contributed by atoms with van der Waals surface area (Å²) >= 11 is 1.85. The summed E-state index contributed by atoms with van der Waals surface area (Å²) in [5.74, 6) is 0. The Morgan fingerprint density at radius 2 is 1.39 bits per heavy atom. The Kier molecular flexibility index (Phi) is 9.72. The predicted octanol–water partition coefficient (Wildman–Crippen LogP) is 5.22. The Balaban J connectivity index is 0.000000311. The van der Waals surface area contributed by atoms with Crippen LogP contribution in [0.1, 0.15) is 39.0 Å². The van der Waals surface area contributed by atoms with Crippen LogP contribution in [0.2, 0.25) is 0 Å². The van der Waals surface area contributed by atoms with E-state index < -0.39 is 31.1 Å². The van der Waals surface area contributed by atoms with E-state index in [0.29, 0.717) is 0 Å². The van der Waals surface area contributed by atoms with Crippen LogP contribution in [0, 0.1) is 0 Å². The second-order valence-electron chi connectivity index (χ2n) is 6.21. The highest BCUT2D eigenvalue weighted by molar-refractivity contribution is 8.13. The van der Waals surface area contributed by atoms with E-state index in [0.717, 1.165) is 4.13 Å². The topological polar surface area (TPSA) is 86.3 Å². The number of unbranched alkanes of at least 4 members (excludes halogenated alkanes) is 4. The van der Waals surface area contributed by atoms with Gasteiger partial charge in [0.2, 0.25) is 11.0 Å². The molecule has 0 amide bonds. The molecule has 0 saturated heterocycles. The molecule has 31 heavy (non-hydrogen) atoms. The Morgan fingerprint density at radius 3 is 1.90 bits per heavy atom. The number of aryl methyl sites for hydroxylation is 1. The summed E-state index contributed by atoms with van der Waals surface area (Å²) < 4.78 is 113.